The van der Waals surface area contributed by atoms with E-state index in [-0.39, 0.29) is 0 Å². The van der Waals surface area contributed by atoms with Gasteiger partial charge >= 0.3 is 0 Å². The Bertz CT molecular complexity index is 476. The molecule has 0 aliphatic carbocycles. The summed E-state index contributed by atoms with van der Waals surface area (Å²) in [6, 6.07) is 2.34. The molecule has 1 fully saturated rings. The van der Waals surface area contributed by atoms with Crippen molar-refractivity contribution in [3.05, 3.63) is 22.2 Å². The first-order valence-corrected chi connectivity index (χ1v) is 6.96. The van der Waals surface area contributed by atoms with Crippen LogP contribution in [0.2, 0.25) is 0 Å². The monoisotopic (exact) mass is 282 g/mol. The van der Waals surface area contributed by atoms with Gasteiger partial charge in [-0.05, 0) is 20.2 Å². The molecule has 1 aliphatic heterocycles. The summed E-state index contributed by atoms with van der Waals surface area (Å²) in [5.74, 6) is 0.951. The van der Waals surface area contributed by atoms with Crippen molar-refractivity contribution in [2.24, 2.45) is 0 Å². The van der Waals surface area contributed by atoms with E-state index in [0.29, 0.717) is 17.3 Å². The molecule has 19 heavy (non-hydrogen) atoms. The zero-order valence-corrected chi connectivity index (χ0v) is 12.7. The summed E-state index contributed by atoms with van der Waals surface area (Å²) >= 11 is 5.21. The number of nitrogens with one attached hydrogen (secondary N) is 1. The predicted molar refractivity (Wildman–Crippen MR) is 77.8 cm³/mol. The zero-order valence-electron chi connectivity index (χ0n) is 11.8. The lowest BCUT2D eigenvalue weighted by Crippen LogP contribution is -2.51. The molecule has 6 heteroatoms. The second-order valence-corrected chi connectivity index (χ2v) is 5.64. The van der Waals surface area contributed by atoms with Crippen LogP contribution < -0.4 is 0 Å². The smallest absolute Gasteiger partial charge is 0.130 e. The quantitative estimate of drug-likeness (QED) is 0.837. The average Bonchev–Trinajstić information content (AvgIpc) is 2.33. The Morgan fingerprint density at radius 3 is 3.00 bits per heavy atom. The van der Waals surface area contributed by atoms with Crippen LogP contribution in [0.4, 0.5) is 0 Å². The molecule has 2 heterocycles. The first kappa shape index (κ1) is 14.6. The van der Waals surface area contributed by atoms with Crippen molar-refractivity contribution in [1.82, 2.24) is 19.8 Å². The van der Waals surface area contributed by atoms with Gasteiger partial charge in [-0.15, -0.1) is 0 Å². The van der Waals surface area contributed by atoms with Crippen molar-refractivity contribution in [2.45, 2.75) is 19.1 Å². The largest absolute Gasteiger partial charge is 0.378 e. The number of piperazine rings is 1. The van der Waals surface area contributed by atoms with Gasteiger partial charge in [0.1, 0.15) is 10.5 Å². The number of hydrogen-bond donors (Lipinski definition) is 1. The number of methoxy groups -OCH3 is 1. The highest BCUT2D eigenvalue weighted by atomic mass is 32.1. The van der Waals surface area contributed by atoms with Gasteiger partial charge in [-0.1, -0.05) is 12.2 Å². The molecule has 1 atom stereocenters. The van der Waals surface area contributed by atoms with Crippen LogP contribution in [0.1, 0.15) is 11.5 Å². The lowest BCUT2D eigenvalue weighted by atomic mass is 10.1. The van der Waals surface area contributed by atoms with E-state index < -0.39 is 0 Å². The van der Waals surface area contributed by atoms with E-state index in [9.17, 15) is 0 Å². The molecular formula is C13H22N4OS. The van der Waals surface area contributed by atoms with E-state index in [0.717, 1.165) is 37.6 Å². The van der Waals surface area contributed by atoms with Crippen molar-refractivity contribution in [1.29, 1.82) is 0 Å². The van der Waals surface area contributed by atoms with E-state index in [4.69, 9.17) is 17.0 Å². The molecule has 1 saturated heterocycles. The number of aromatic nitrogens is 2. The van der Waals surface area contributed by atoms with Crippen LogP contribution in [0.3, 0.4) is 0 Å². The minimum absolute atomic E-state index is 0.481. The maximum absolute atomic E-state index is 5.21. The van der Waals surface area contributed by atoms with Crippen LogP contribution in [0, 0.1) is 4.64 Å². The molecule has 0 amide bonds. The molecule has 2 rings (SSSR count). The van der Waals surface area contributed by atoms with Gasteiger partial charge in [-0.2, -0.15) is 0 Å². The van der Waals surface area contributed by atoms with E-state index in [1.807, 2.05) is 6.07 Å². The van der Waals surface area contributed by atoms with Gasteiger partial charge < -0.3 is 19.5 Å². The predicted octanol–water partition coefficient (Wildman–Crippen LogP) is 1.07. The molecule has 0 spiro atoms. The molecule has 1 N–H and O–H groups in total. The fourth-order valence-electron chi connectivity index (χ4n) is 2.44. The maximum atomic E-state index is 5.21. The summed E-state index contributed by atoms with van der Waals surface area (Å²) in [4.78, 5) is 12.5. The van der Waals surface area contributed by atoms with Gasteiger partial charge in [0, 0.05) is 44.9 Å². The van der Waals surface area contributed by atoms with Gasteiger partial charge in [0.05, 0.1) is 6.61 Å². The molecule has 0 saturated carbocycles. The van der Waals surface area contributed by atoms with Crippen molar-refractivity contribution in [2.75, 3.05) is 40.8 Å². The van der Waals surface area contributed by atoms with Crippen LogP contribution >= 0.6 is 12.2 Å². The number of nitrogens with zero attached hydrogens (tertiary/aromatic N) is 3. The van der Waals surface area contributed by atoms with Crippen LogP contribution in [-0.2, 0) is 17.8 Å². The standard InChI is InChI=1S/C13H22N4OS/c1-16-4-5-17(2)11(8-16)7-12-14-10(9-18-3)6-13(19)15-12/h6,11H,4-5,7-9H2,1-3H3,(H,14,15,19). The van der Waals surface area contributed by atoms with Gasteiger partial charge in [0.2, 0.25) is 0 Å². The third-order valence-electron chi connectivity index (χ3n) is 3.56. The topological polar surface area (TPSA) is 44.4 Å². The minimum Gasteiger partial charge on any atom is -0.378 e. The normalized spacial score (nSPS) is 21.7. The van der Waals surface area contributed by atoms with Crippen molar-refractivity contribution in [3.8, 4) is 0 Å². The van der Waals surface area contributed by atoms with Crippen molar-refractivity contribution < 1.29 is 4.74 Å². The molecular weight excluding hydrogens is 260 g/mol. The highest BCUT2D eigenvalue weighted by molar-refractivity contribution is 7.71. The summed E-state index contributed by atoms with van der Waals surface area (Å²) in [5, 5.41) is 0. The zero-order chi connectivity index (χ0) is 13.8. The second kappa shape index (κ2) is 6.56. The molecule has 0 bridgehead atoms. The van der Waals surface area contributed by atoms with Gasteiger partial charge in [-0.3, -0.25) is 0 Å². The molecule has 1 aromatic rings. The number of rotatable bonds is 4. The van der Waals surface area contributed by atoms with E-state index in [1.165, 1.54) is 0 Å². The molecule has 0 radical (unpaired) electrons. The Hall–Kier alpha value is -0.820. The molecule has 106 valence electrons. The summed E-state index contributed by atoms with van der Waals surface area (Å²) in [5.41, 5.74) is 0.990. The van der Waals surface area contributed by atoms with E-state index >= 15 is 0 Å². The molecule has 1 aromatic heterocycles. The fourth-order valence-corrected chi connectivity index (χ4v) is 2.69. The lowest BCUT2D eigenvalue weighted by molar-refractivity contribution is 0.113. The van der Waals surface area contributed by atoms with Crippen LogP contribution in [0.15, 0.2) is 6.07 Å². The third-order valence-corrected chi connectivity index (χ3v) is 3.77. The van der Waals surface area contributed by atoms with Crippen molar-refractivity contribution >= 4 is 12.2 Å². The van der Waals surface area contributed by atoms with Crippen LogP contribution in [0.25, 0.3) is 0 Å². The van der Waals surface area contributed by atoms with Crippen LogP contribution in [0.5, 0.6) is 0 Å². The first-order valence-electron chi connectivity index (χ1n) is 6.55. The molecule has 1 unspecified atom stereocenters. The maximum Gasteiger partial charge on any atom is 0.130 e. The number of aromatic amines is 1. The van der Waals surface area contributed by atoms with Gasteiger partial charge in [0.15, 0.2) is 0 Å². The molecule has 1 aliphatic rings. The Balaban J connectivity index is 2.11. The SMILES string of the molecule is COCc1cc(=S)nc(CC2CN(C)CCN2C)[nH]1. The number of hydrogen-bond acceptors (Lipinski definition) is 5. The number of H-pyrrole nitrogens is 1. The molecule has 5 nitrogen and oxygen atoms in total. The molecule has 0 aromatic carbocycles. The average molecular weight is 282 g/mol. The highest BCUT2D eigenvalue weighted by Crippen LogP contribution is 2.11. The summed E-state index contributed by atoms with van der Waals surface area (Å²) in [6.45, 7) is 3.83. The van der Waals surface area contributed by atoms with E-state index in [2.05, 4.69) is 33.9 Å². The Kier molecular flexibility index (Phi) is 5.04. The number of likely N-dealkylation sites (N-methyl/N-ethyl adjacent to an activating group) is 2. The summed E-state index contributed by atoms with van der Waals surface area (Å²) in [6.07, 6.45) is 0.891. The summed E-state index contributed by atoms with van der Waals surface area (Å²) in [7, 11) is 6.02. The minimum atomic E-state index is 0.481. The second-order valence-electron chi connectivity index (χ2n) is 5.23. The highest BCUT2D eigenvalue weighted by Gasteiger charge is 2.23. The van der Waals surface area contributed by atoms with Crippen LogP contribution in [-0.4, -0.2) is 66.6 Å². The lowest BCUT2D eigenvalue weighted by Gasteiger charge is -2.37. The van der Waals surface area contributed by atoms with E-state index in [1.54, 1.807) is 7.11 Å². The van der Waals surface area contributed by atoms with Crippen molar-refractivity contribution in [3.63, 3.8) is 0 Å². The number of ether oxygens (including phenoxy) is 1. The fraction of sp³-hybridized carbons (Fsp3) is 0.692. The Morgan fingerprint density at radius 2 is 2.26 bits per heavy atom. The van der Waals surface area contributed by atoms with Gasteiger partial charge in [-0.25, -0.2) is 4.98 Å². The first-order chi connectivity index (χ1) is 9.08. The Morgan fingerprint density at radius 1 is 1.47 bits per heavy atom. The van der Waals surface area contributed by atoms with Gasteiger partial charge in [0.25, 0.3) is 0 Å². The Labute approximate surface area is 119 Å². The summed E-state index contributed by atoms with van der Waals surface area (Å²) < 4.78 is 5.77. The third kappa shape index (κ3) is 4.07.